The fraction of sp³-hybridized carbons (Fsp3) is 0.467. The number of rotatable bonds is 8. The Balaban J connectivity index is 1.48. The monoisotopic (exact) mass is 506 g/mol. The zero-order chi connectivity index (χ0) is 25.9. The predicted molar refractivity (Wildman–Crippen MR) is 132 cm³/mol. The standard InChI is InChI=1S/C30H32F6/c1-2-3-4-5-6-7-19-8-10-20(11-9-19)23-17-26(31)28(27(32)18-23)22-12-14-24-21(16-22)13-15-25(29(24)33)30(34,35)36/h12-20H,2-11H2,1H3. The van der Waals surface area contributed by atoms with Crippen LogP contribution in [0.2, 0.25) is 0 Å². The smallest absolute Gasteiger partial charge is 0.206 e. The third kappa shape index (κ3) is 5.90. The van der Waals surface area contributed by atoms with Crippen LogP contribution < -0.4 is 0 Å². The fourth-order valence-corrected chi connectivity index (χ4v) is 5.59. The maximum Gasteiger partial charge on any atom is 0.419 e. The topological polar surface area (TPSA) is 0 Å². The summed E-state index contributed by atoms with van der Waals surface area (Å²) in [6.07, 6.45) is 6.70. The van der Waals surface area contributed by atoms with Crippen LogP contribution in [-0.2, 0) is 6.18 Å². The molecule has 0 N–H and O–H groups in total. The van der Waals surface area contributed by atoms with E-state index in [1.165, 1.54) is 62.8 Å². The molecule has 0 bridgehead atoms. The van der Waals surface area contributed by atoms with Crippen molar-refractivity contribution >= 4 is 10.8 Å². The molecule has 0 radical (unpaired) electrons. The van der Waals surface area contributed by atoms with Crippen LogP contribution in [0.15, 0.2) is 42.5 Å². The molecule has 0 atom stereocenters. The van der Waals surface area contributed by atoms with E-state index in [2.05, 4.69) is 6.92 Å². The van der Waals surface area contributed by atoms with Crippen LogP contribution in [0.1, 0.15) is 88.2 Å². The lowest BCUT2D eigenvalue weighted by molar-refractivity contribution is -0.139. The summed E-state index contributed by atoms with van der Waals surface area (Å²) in [6, 6.07) is 8.27. The van der Waals surface area contributed by atoms with Crippen LogP contribution in [-0.4, -0.2) is 0 Å². The highest BCUT2D eigenvalue weighted by Gasteiger charge is 2.34. The lowest BCUT2D eigenvalue weighted by Crippen LogP contribution is -2.14. The predicted octanol–water partition coefficient (Wildman–Crippen LogP) is 10.6. The normalized spacial score (nSPS) is 18.6. The van der Waals surface area contributed by atoms with Crippen molar-refractivity contribution in [3.05, 3.63) is 71.0 Å². The van der Waals surface area contributed by atoms with E-state index in [9.17, 15) is 17.6 Å². The summed E-state index contributed by atoms with van der Waals surface area (Å²) in [5.41, 5.74) is -0.802. The summed E-state index contributed by atoms with van der Waals surface area (Å²) in [4.78, 5) is 0. The quantitative estimate of drug-likeness (QED) is 0.211. The molecule has 0 nitrogen and oxygen atoms in total. The van der Waals surface area contributed by atoms with Gasteiger partial charge in [0.05, 0.1) is 11.1 Å². The van der Waals surface area contributed by atoms with Crippen molar-refractivity contribution in [2.45, 2.75) is 83.2 Å². The Labute approximate surface area is 208 Å². The molecule has 0 aliphatic heterocycles. The number of fused-ring (bicyclic) bond motifs is 1. The molecule has 0 aromatic heterocycles. The first-order valence-electron chi connectivity index (χ1n) is 13.0. The van der Waals surface area contributed by atoms with E-state index < -0.39 is 29.2 Å². The molecule has 4 rings (SSSR count). The van der Waals surface area contributed by atoms with Gasteiger partial charge in [0.15, 0.2) is 0 Å². The first-order chi connectivity index (χ1) is 17.2. The van der Waals surface area contributed by atoms with Crippen LogP contribution >= 0.6 is 0 Å². The summed E-state index contributed by atoms with van der Waals surface area (Å²) in [6.45, 7) is 2.21. The highest BCUT2D eigenvalue weighted by atomic mass is 19.4. The van der Waals surface area contributed by atoms with Crippen LogP contribution in [0.3, 0.4) is 0 Å². The van der Waals surface area contributed by atoms with Gasteiger partial charge in [-0.1, -0.05) is 63.6 Å². The van der Waals surface area contributed by atoms with Crippen molar-refractivity contribution in [3.63, 3.8) is 0 Å². The van der Waals surface area contributed by atoms with Crippen LogP contribution in [0.4, 0.5) is 26.3 Å². The molecular weight excluding hydrogens is 474 g/mol. The van der Waals surface area contributed by atoms with Gasteiger partial charge >= 0.3 is 6.18 Å². The van der Waals surface area contributed by atoms with E-state index in [0.29, 0.717) is 17.5 Å². The Morgan fingerprint density at radius 2 is 1.44 bits per heavy atom. The molecule has 194 valence electrons. The average molecular weight is 507 g/mol. The minimum absolute atomic E-state index is 0.117. The van der Waals surface area contributed by atoms with Gasteiger partial charge in [-0.05, 0) is 78.3 Å². The van der Waals surface area contributed by atoms with Crippen molar-refractivity contribution < 1.29 is 26.3 Å². The molecule has 0 unspecified atom stereocenters. The second-order valence-electron chi connectivity index (χ2n) is 10.1. The van der Waals surface area contributed by atoms with Gasteiger partial charge in [0, 0.05) is 5.39 Å². The first-order valence-corrected chi connectivity index (χ1v) is 13.0. The highest BCUT2D eigenvalue weighted by molar-refractivity contribution is 5.88. The minimum atomic E-state index is -4.82. The molecule has 1 saturated carbocycles. The summed E-state index contributed by atoms with van der Waals surface area (Å²) >= 11 is 0. The van der Waals surface area contributed by atoms with Crippen molar-refractivity contribution in [3.8, 4) is 11.1 Å². The van der Waals surface area contributed by atoms with Gasteiger partial charge < -0.3 is 0 Å². The Kier molecular flexibility index (Phi) is 8.31. The highest BCUT2D eigenvalue weighted by Crippen LogP contribution is 2.41. The maximum absolute atomic E-state index is 15.1. The third-order valence-electron chi connectivity index (χ3n) is 7.65. The molecule has 3 aromatic rings. The zero-order valence-electron chi connectivity index (χ0n) is 20.5. The molecule has 36 heavy (non-hydrogen) atoms. The van der Waals surface area contributed by atoms with Crippen molar-refractivity contribution in [2.24, 2.45) is 5.92 Å². The Hall–Kier alpha value is -2.50. The van der Waals surface area contributed by atoms with Crippen LogP contribution in [0.5, 0.6) is 0 Å². The van der Waals surface area contributed by atoms with Crippen LogP contribution in [0, 0.1) is 23.4 Å². The molecule has 0 heterocycles. The Morgan fingerprint density at radius 1 is 0.778 bits per heavy atom. The van der Waals surface area contributed by atoms with Crippen molar-refractivity contribution in [2.75, 3.05) is 0 Å². The first kappa shape index (κ1) is 26.6. The lowest BCUT2D eigenvalue weighted by atomic mass is 9.76. The van der Waals surface area contributed by atoms with E-state index >= 15 is 8.78 Å². The van der Waals surface area contributed by atoms with Gasteiger partial charge in [0.1, 0.15) is 17.5 Å². The lowest BCUT2D eigenvalue weighted by Gasteiger charge is -2.29. The van der Waals surface area contributed by atoms with E-state index in [1.54, 1.807) is 0 Å². The number of halogens is 6. The number of unbranched alkanes of at least 4 members (excludes halogenated alkanes) is 4. The van der Waals surface area contributed by atoms with Gasteiger partial charge in [0.25, 0.3) is 0 Å². The maximum atomic E-state index is 15.1. The largest absolute Gasteiger partial charge is 0.419 e. The fourth-order valence-electron chi connectivity index (χ4n) is 5.59. The summed E-state index contributed by atoms with van der Waals surface area (Å²) in [5, 5.41) is -0.0953. The van der Waals surface area contributed by atoms with Gasteiger partial charge in [-0.15, -0.1) is 0 Å². The van der Waals surface area contributed by atoms with Crippen molar-refractivity contribution in [1.29, 1.82) is 0 Å². The van der Waals surface area contributed by atoms with Gasteiger partial charge in [-0.3, -0.25) is 0 Å². The summed E-state index contributed by atoms with van der Waals surface area (Å²) in [5.74, 6) is -2.01. The van der Waals surface area contributed by atoms with Crippen molar-refractivity contribution in [1.82, 2.24) is 0 Å². The van der Waals surface area contributed by atoms with E-state index in [4.69, 9.17) is 0 Å². The zero-order valence-corrected chi connectivity index (χ0v) is 20.5. The molecule has 0 spiro atoms. The molecule has 1 aliphatic carbocycles. The average Bonchev–Trinajstić information content (AvgIpc) is 2.83. The van der Waals surface area contributed by atoms with E-state index in [-0.39, 0.29) is 27.8 Å². The molecule has 0 saturated heterocycles. The second kappa shape index (κ2) is 11.3. The molecule has 1 fully saturated rings. The van der Waals surface area contributed by atoms with Crippen LogP contribution in [0.25, 0.3) is 21.9 Å². The molecule has 6 heteroatoms. The number of benzene rings is 3. The Morgan fingerprint density at radius 3 is 2.08 bits per heavy atom. The summed E-state index contributed by atoms with van der Waals surface area (Å²) in [7, 11) is 0. The SMILES string of the molecule is CCCCCCCC1CCC(c2cc(F)c(-c3ccc4c(F)c(C(F)(F)F)ccc4c3)c(F)c2)CC1. The number of hydrogen-bond acceptors (Lipinski definition) is 0. The molecule has 3 aromatic carbocycles. The second-order valence-corrected chi connectivity index (χ2v) is 10.1. The minimum Gasteiger partial charge on any atom is -0.206 e. The molecular formula is C30H32F6. The molecule has 1 aliphatic rings. The third-order valence-corrected chi connectivity index (χ3v) is 7.65. The van der Waals surface area contributed by atoms with Gasteiger partial charge in [0.2, 0.25) is 0 Å². The van der Waals surface area contributed by atoms with Gasteiger partial charge in [-0.25, -0.2) is 13.2 Å². The van der Waals surface area contributed by atoms with Gasteiger partial charge in [-0.2, -0.15) is 13.2 Å². The molecule has 0 amide bonds. The van der Waals surface area contributed by atoms with E-state index in [1.807, 2.05) is 0 Å². The Bertz CT molecular complexity index is 1160. The number of hydrogen-bond donors (Lipinski definition) is 0. The summed E-state index contributed by atoms with van der Waals surface area (Å²) < 4.78 is 83.6. The number of alkyl halides is 3. The van der Waals surface area contributed by atoms with E-state index in [0.717, 1.165) is 37.8 Å².